The molecule has 0 aliphatic heterocycles. The summed E-state index contributed by atoms with van der Waals surface area (Å²) in [6, 6.07) is 1.36. The van der Waals surface area contributed by atoms with E-state index in [2.05, 4.69) is 19.2 Å². The van der Waals surface area contributed by atoms with E-state index in [9.17, 15) is 0 Å². The summed E-state index contributed by atoms with van der Waals surface area (Å²) in [5.74, 6) is 0. The highest BCUT2D eigenvalue weighted by molar-refractivity contribution is 4.80. The van der Waals surface area contributed by atoms with Gasteiger partial charge in [-0.1, -0.05) is 19.8 Å². The maximum absolute atomic E-state index is 5.44. The summed E-state index contributed by atoms with van der Waals surface area (Å²) in [5, 5.41) is 3.74. The second kappa shape index (κ2) is 7.24. The minimum absolute atomic E-state index is 0.495. The van der Waals surface area contributed by atoms with E-state index in [-0.39, 0.29) is 0 Å². The molecule has 0 heterocycles. The van der Waals surface area contributed by atoms with Crippen molar-refractivity contribution in [3.8, 4) is 0 Å². The van der Waals surface area contributed by atoms with Crippen LogP contribution in [0.5, 0.6) is 0 Å². The Kier molecular flexibility index (Phi) is 6.26. The zero-order chi connectivity index (χ0) is 11.1. The summed E-state index contributed by atoms with van der Waals surface area (Å²) in [6.07, 6.45) is 9.55. The van der Waals surface area contributed by atoms with Crippen LogP contribution in [0.15, 0.2) is 0 Å². The van der Waals surface area contributed by atoms with Gasteiger partial charge in [0, 0.05) is 19.2 Å². The monoisotopic (exact) mass is 213 g/mol. The minimum atomic E-state index is 0.495. The van der Waals surface area contributed by atoms with Crippen LogP contribution < -0.4 is 5.32 Å². The molecule has 0 aromatic carbocycles. The Morgan fingerprint density at radius 3 is 2.87 bits per heavy atom. The van der Waals surface area contributed by atoms with Crippen LogP contribution in [-0.4, -0.2) is 25.3 Å². The molecule has 1 rings (SSSR count). The van der Waals surface area contributed by atoms with E-state index in [1.807, 2.05) is 7.11 Å². The van der Waals surface area contributed by atoms with Crippen LogP contribution in [0.4, 0.5) is 0 Å². The topological polar surface area (TPSA) is 21.3 Å². The van der Waals surface area contributed by atoms with Crippen LogP contribution >= 0.6 is 0 Å². The minimum Gasteiger partial charge on any atom is -0.381 e. The second-order valence-electron chi connectivity index (χ2n) is 4.93. The number of hydrogen-bond acceptors (Lipinski definition) is 2. The molecule has 3 unspecified atom stereocenters. The van der Waals surface area contributed by atoms with Gasteiger partial charge < -0.3 is 10.1 Å². The second-order valence-corrected chi connectivity index (χ2v) is 4.93. The van der Waals surface area contributed by atoms with Gasteiger partial charge in [-0.25, -0.2) is 0 Å². The van der Waals surface area contributed by atoms with Gasteiger partial charge in [0.1, 0.15) is 0 Å². The fourth-order valence-electron chi connectivity index (χ4n) is 2.51. The predicted octanol–water partition coefficient (Wildman–Crippen LogP) is 3.11. The van der Waals surface area contributed by atoms with E-state index in [0.717, 1.165) is 0 Å². The molecule has 2 nitrogen and oxygen atoms in total. The smallest absolute Gasteiger partial charge is 0.0586 e. The molecular formula is C13H27NO. The third-order valence-corrected chi connectivity index (χ3v) is 3.47. The first-order valence-corrected chi connectivity index (χ1v) is 6.55. The van der Waals surface area contributed by atoms with E-state index in [0.29, 0.717) is 18.2 Å². The molecule has 1 N–H and O–H groups in total. The predicted molar refractivity (Wildman–Crippen MR) is 65.2 cm³/mol. The van der Waals surface area contributed by atoms with Gasteiger partial charge in [-0.15, -0.1) is 0 Å². The van der Waals surface area contributed by atoms with Crippen LogP contribution in [0.3, 0.4) is 0 Å². The Morgan fingerprint density at radius 2 is 2.20 bits per heavy atom. The number of hydrogen-bond donors (Lipinski definition) is 1. The molecule has 0 saturated heterocycles. The lowest BCUT2D eigenvalue weighted by molar-refractivity contribution is 0.0570. The molecular weight excluding hydrogens is 186 g/mol. The van der Waals surface area contributed by atoms with Gasteiger partial charge in [-0.2, -0.15) is 0 Å². The summed E-state index contributed by atoms with van der Waals surface area (Å²) in [6.45, 7) is 4.57. The summed E-state index contributed by atoms with van der Waals surface area (Å²) in [5.41, 5.74) is 0. The summed E-state index contributed by atoms with van der Waals surface area (Å²) < 4.78 is 5.44. The molecule has 3 atom stereocenters. The SMILES string of the molecule is CCCCC(C)NC1CCCC(OC)C1. The lowest BCUT2D eigenvalue weighted by Gasteiger charge is -2.31. The Bertz CT molecular complexity index is 161. The van der Waals surface area contributed by atoms with Crippen molar-refractivity contribution in [1.82, 2.24) is 5.32 Å². The number of unbranched alkanes of at least 4 members (excludes halogenated alkanes) is 1. The van der Waals surface area contributed by atoms with Crippen LogP contribution in [0.2, 0.25) is 0 Å². The van der Waals surface area contributed by atoms with Gasteiger partial charge >= 0.3 is 0 Å². The molecule has 0 spiro atoms. The van der Waals surface area contributed by atoms with Gasteiger partial charge in [-0.05, 0) is 39.0 Å². The first-order valence-electron chi connectivity index (χ1n) is 6.55. The van der Waals surface area contributed by atoms with Crippen LogP contribution in [0, 0.1) is 0 Å². The molecule has 1 aliphatic carbocycles. The normalized spacial score (nSPS) is 29.0. The Morgan fingerprint density at radius 1 is 1.40 bits per heavy atom. The zero-order valence-corrected chi connectivity index (χ0v) is 10.6. The molecule has 0 radical (unpaired) electrons. The van der Waals surface area contributed by atoms with Gasteiger partial charge in [-0.3, -0.25) is 0 Å². The molecule has 2 heteroatoms. The van der Waals surface area contributed by atoms with Crippen molar-refractivity contribution in [2.24, 2.45) is 0 Å². The van der Waals surface area contributed by atoms with Crippen LogP contribution in [-0.2, 0) is 4.74 Å². The van der Waals surface area contributed by atoms with Crippen molar-refractivity contribution < 1.29 is 4.74 Å². The van der Waals surface area contributed by atoms with Crippen LogP contribution in [0.1, 0.15) is 58.8 Å². The molecule has 0 amide bonds. The number of rotatable bonds is 6. The van der Waals surface area contributed by atoms with Crippen molar-refractivity contribution in [3.05, 3.63) is 0 Å². The Balaban J connectivity index is 2.19. The lowest BCUT2D eigenvalue weighted by atomic mass is 9.92. The van der Waals surface area contributed by atoms with E-state index in [1.54, 1.807) is 0 Å². The number of methoxy groups -OCH3 is 1. The first-order chi connectivity index (χ1) is 7.26. The summed E-state index contributed by atoms with van der Waals surface area (Å²) in [7, 11) is 1.84. The maximum Gasteiger partial charge on any atom is 0.0586 e. The van der Waals surface area contributed by atoms with E-state index >= 15 is 0 Å². The summed E-state index contributed by atoms with van der Waals surface area (Å²) in [4.78, 5) is 0. The Labute approximate surface area is 94.8 Å². The summed E-state index contributed by atoms with van der Waals surface area (Å²) >= 11 is 0. The zero-order valence-electron chi connectivity index (χ0n) is 10.6. The van der Waals surface area contributed by atoms with Gasteiger partial charge in [0.25, 0.3) is 0 Å². The molecule has 0 aromatic heterocycles. The average Bonchev–Trinajstić information content (AvgIpc) is 2.26. The van der Waals surface area contributed by atoms with Crippen molar-refractivity contribution >= 4 is 0 Å². The first kappa shape index (κ1) is 13.0. The van der Waals surface area contributed by atoms with Crippen molar-refractivity contribution in [2.75, 3.05) is 7.11 Å². The highest BCUT2D eigenvalue weighted by Crippen LogP contribution is 2.21. The molecule has 0 aromatic rings. The molecule has 1 saturated carbocycles. The Hall–Kier alpha value is -0.0800. The highest BCUT2D eigenvalue weighted by Gasteiger charge is 2.22. The third-order valence-electron chi connectivity index (χ3n) is 3.47. The maximum atomic E-state index is 5.44. The van der Waals surface area contributed by atoms with Crippen LogP contribution in [0.25, 0.3) is 0 Å². The fourth-order valence-corrected chi connectivity index (χ4v) is 2.51. The van der Waals surface area contributed by atoms with E-state index < -0.39 is 0 Å². The van der Waals surface area contributed by atoms with E-state index in [1.165, 1.54) is 44.9 Å². The van der Waals surface area contributed by atoms with Gasteiger partial charge in [0.15, 0.2) is 0 Å². The molecule has 1 aliphatic rings. The van der Waals surface area contributed by atoms with Gasteiger partial charge in [0.2, 0.25) is 0 Å². The van der Waals surface area contributed by atoms with Crippen molar-refractivity contribution in [3.63, 3.8) is 0 Å². The quantitative estimate of drug-likeness (QED) is 0.732. The standard InChI is InChI=1S/C13H27NO/c1-4-5-7-11(2)14-12-8-6-9-13(10-12)15-3/h11-14H,4-10H2,1-3H3. The number of ether oxygens (including phenoxy) is 1. The lowest BCUT2D eigenvalue weighted by Crippen LogP contribution is -2.41. The molecule has 1 fully saturated rings. The number of nitrogens with one attached hydrogen (secondary N) is 1. The molecule has 15 heavy (non-hydrogen) atoms. The van der Waals surface area contributed by atoms with Gasteiger partial charge in [0.05, 0.1) is 6.10 Å². The largest absolute Gasteiger partial charge is 0.381 e. The molecule has 0 bridgehead atoms. The molecule has 90 valence electrons. The van der Waals surface area contributed by atoms with E-state index in [4.69, 9.17) is 4.74 Å². The van der Waals surface area contributed by atoms with Crippen molar-refractivity contribution in [2.45, 2.75) is 77.0 Å². The highest BCUT2D eigenvalue weighted by atomic mass is 16.5. The fraction of sp³-hybridized carbons (Fsp3) is 1.00. The average molecular weight is 213 g/mol. The third kappa shape index (κ3) is 4.98. The van der Waals surface area contributed by atoms with Crippen molar-refractivity contribution in [1.29, 1.82) is 0 Å².